The smallest absolute Gasteiger partial charge is 0.330 e. The summed E-state index contributed by atoms with van der Waals surface area (Å²) in [6.45, 7) is 7.82. The lowest BCUT2D eigenvalue weighted by molar-refractivity contribution is -0.142. The van der Waals surface area contributed by atoms with Crippen LogP contribution in [0.3, 0.4) is 0 Å². The van der Waals surface area contributed by atoms with Crippen LogP contribution in [-0.4, -0.2) is 56.2 Å². The lowest BCUT2D eigenvalue weighted by atomic mass is 10.1. The van der Waals surface area contributed by atoms with Crippen molar-refractivity contribution in [1.82, 2.24) is 4.90 Å². The predicted molar refractivity (Wildman–Crippen MR) is 96.5 cm³/mol. The molecule has 21 heavy (non-hydrogen) atoms. The molecule has 0 radical (unpaired) electrons. The molecule has 0 aromatic rings. The van der Waals surface area contributed by atoms with Crippen molar-refractivity contribution in [2.45, 2.75) is 33.8 Å². The molecule has 0 bridgehead atoms. The van der Waals surface area contributed by atoms with Crippen LogP contribution >= 0.6 is 63.7 Å². The van der Waals surface area contributed by atoms with Gasteiger partial charge in [-0.3, -0.25) is 4.90 Å². The number of carbonyl (C=O) groups excluding carboxylic acids is 2. The molecule has 0 spiro atoms. The normalized spacial score (nSPS) is 12.1. The number of carbonyl (C=O) groups is 2. The van der Waals surface area contributed by atoms with E-state index in [9.17, 15) is 9.59 Å². The average Bonchev–Trinajstić information content (AvgIpc) is 2.34. The molecule has 0 aromatic heterocycles. The summed E-state index contributed by atoms with van der Waals surface area (Å²) in [6.07, 6.45) is 0. The summed E-state index contributed by atoms with van der Waals surface area (Å²) >= 11 is 12.3. The van der Waals surface area contributed by atoms with Crippen molar-refractivity contribution in [2.24, 2.45) is 0 Å². The molecule has 0 saturated heterocycles. The standard InChI is InChI=1S/C12H19Br4NO4/c1-12(2,3)17(4-6-20-10(18)8(13)14)5-7-21-11(19)9(15)16/h8-9H,4-7H2,1-3H3. The minimum atomic E-state index is -0.496. The van der Waals surface area contributed by atoms with Gasteiger partial charge in [0, 0.05) is 18.6 Å². The van der Waals surface area contributed by atoms with Gasteiger partial charge in [0.05, 0.1) is 0 Å². The zero-order valence-corrected chi connectivity index (χ0v) is 18.4. The fraction of sp³-hybridized carbons (Fsp3) is 0.833. The number of nitrogens with zero attached hydrogens (tertiary/aromatic N) is 1. The number of hydrogen-bond acceptors (Lipinski definition) is 5. The quantitative estimate of drug-likeness (QED) is 0.337. The molecule has 0 atom stereocenters. The lowest BCUT2D eigenvalue weighted by Gasteiger charge is -2.35. The Balaban J connectivity index is 4.23. The molecule has 0 aromatic carbocycles. The van der Waals surface area contributed by atoms with E-state index in [-0.39, 0.29) is 30.7 Å². The van der Waals surface area contributed by atoms with Crippen LogP contribution < -0.4 is 0 Å². The Bertz CT molecular complexity index is 319. The fourth-order valence-electron chi connectivity index (χ4n) is 1.42. The minimum Gasteiger partial charge on any atom is -0.463 e. The maximum absolute atomic E-state index is 11.3. The zero-order valence-electron chi connectivity index (χ0n) is 12.1. The van der Waals surface area contributed by atoms with E-state index in [0.717, 1.165) is 0 Å². The molecule has 0 N–H and O–H groups in total. The average molecular weight is 561 g/mol. The number of halogens is 4. The molecule has 0 heterocycles. The highest BCUT2D eigenvalue weighted by molar-refractivity contribution is 9.25. The summed E-state index contributed by atoms with van der Waals surface area (Å²) < 4.78 is 9.20. The maximum atomic E-state index is 11.3. The van der Waals surface area contributed by atoms with Crippen LogP contribution in [0.5, 0.6) is 0 Å². The van der Waals surface area contributed by atoms with Gasteiger partial charge in [0.25, 0.3) is 0 Å². The highest BCUT2D eigenvalue weighted by atomic mass is 79.9. The van der Waals surface area contributed by atoms with E-state index in [1.807, 2.05) is 20.8 Å². The SMILES string of the molecule is CC(C)(C)N(CCOC(=O)C(Br)Br)CCOC(=O)C(Br)Br. The van der Waals surface area contributed by atoms with Gasteiger partial charge in [0.2, 0.25) is 0 Å². The zero-order chi connectivity index (χ0) is 16.6. The van der Waals surface area contributed by atoms with Crippen molar-refractivity contribution in [2.75, 3.05) is 26.3 Å². The Kier molecular flexibility index (Phi) is 11.0. The summed E-state index contributed by atoms with van der Waals surface area (Å²) in [5.41, 5.74) is -0.122. The summed E-state index contributed by atoms with van der Waals surface area (Å²) in [4.78, 5) is 24.8. The highest BCUT2D eigenvalue weighted by Gasteiger charge is 2.22. The van der Waals surface area contributed by atoms with Crippen LogP contribution in [0, 0.1) is 0 Å². The second-order valence-electron chi connectivity index (χ2n) is 5.09. The van der Waals surface area contributed by atoms with Crippen molar-refractivity contribution >= 4 is 75.7 Å². The first-order valence-electron chi connectivity index (χ1n) is 6.20. The summed E-state index contributed by atoms with van der Waals surface area (Å²) in [7, 11) is 0. The van der Waals surface area contributed by atoms with Gasteiger partial charge >= 0.3 is 11.9 Å². The monoisotopic (exact) mass is 557 g/mol. The van der Waals surface area contributed by atoms with Crippen molar-refractivity contribution in [3.63, 3.8) is 0 Å². The van der Waals surface area contributed by atoms with Crippen LogP contribution in [0.2, 0.25) is 0 Å². The number of rotatable bonds is 8. The van der Waals surface area contributed by atoms with Gasteiger partial charge in [-0.05, 0) is 20.8 Å². The van der Waals surface area contributed by atoms with E-state index in [1.165, 1.54) is 0 Å². The molecule has 0 rings (SSSR count). The van der Waals surface area contributed by atoms with Crippen LogP contribution in [0.4, 0.5) is 0 Å². The number of alkyl halides is 4. The number of ether oxygens (including phenoxy) is 2. The molecule has 5 nitrogen and oxygen atoms in total. The molecule has 0 amide bonds. The van der Waals surface area contributed by atoms with Crippen molar-refractivity contribution in [3.05, 3.63) is 0 Å². The summed E-state index contributed by atoms with van der Waals surface area (Å²) in [5.74, 6) is -0.728. The minimum absolute atomic E-state index is 0.122. The van der Waals surface area contributed by atoms with E-state index in [0.29, 0.717) is 13.1 Å². The van der Waals surface area contributed by atoms with E-state index in [1.54, 1.807) is 0 Å². The first kappa shape index (κ1) is 21.8. The second-order valence-corrected chi connectivity index (χ2v) is 11.2. The molecule has 0 aliphatic rings. The fourth-order valence-corrected chi connectivity index (χ4v) is 1.95. The first-order valence-corrected chi connectivity index (χ1v) is 9.86. The molecule has 0 saturated carbocycles. The largest absolute Gasteiger partial charge is 0.463 e. The van der Waals surface area contributed by atoms with E-state index < -0.39 is 7.47 Å². The Labute approximate surface area is 159 Å². The van der Waals surface area contributed by atoms with Gasteiger partial charge in [-0.1, -0.05) is 63.7 Å². The third kappa shape index (κ3) is 10.3. The Morgan fingerprint density at radius 3 is 1.48 bits per heavy atom. The Morgan fingerprint density at radius 2 is 1.24 bits per heavy atom. The Morgan fingerprint density at radius 1 is 0.905 bits per heavy atom. The first-order chi connectivity index (χ1) is 9.55. The predicted octanol–water partition coefficient (Wildman–Crippen LogP) is 3.41. The van der Waals surface area contributed by atoms with Crippen molar-refractivity contribution in [3.8, 4) is 0 Å². The van der Waals surface area contributed by atoms with E-state index in [4.69, 9.17) is 9.47 Å². The third-order valence-corrected chi connectivity index (χ3v) is 4.01. The third-order valence-electron chi connectivity index (χ3n) is 2.52. The van der Waals surface area contributed by atoms with Crippen LogP contribution in [-0.2, 0) is 19.1 Å². The van der Waals surface area contributed by atoms with Gasteiger partial charge in [-0.15, -0.1) is 0 Å². The second kappa shape index (κ2) is 10.6. The number of esters is 2. The maximum Gasteiger partial charge on any atom is 0.330 e. The van der Waals surface area contributed by atoms with Gasteiger partial charge in [0.1, 0.15) is 13.2 Å². The van der Waals surface area contributed by atoms with E-state index in [2.05, 4.69) is 68.6 Å². The summed E-state index contributed by atoms with van der Waals surface area (Å²) in [5, 5.41) is 0. The van der Waals surface area contributed by atoms with Crippen molar-refractivity contribution in [1.29, 1.82) is 0 Å². The molecule has 9 heteroatoms. The van der Waals surface area contributed by atoms with Gasteiger partial charge in [0.15, 0.2) is 7.47 Å². The van der Waals surface area contributed by atoms with Gasteiger partial charge in [-0.2, -0.15) is 0 Å². The van der Waals surface area contributed by atoms with Crippen LogP contribution in [0.1, 0.15) is 20.8 Å². The van der Waals surface area contributed by atoms with Crippen LogP contribution in [0.15, 0.2) is 0 Å². The van der Waals surface area contributed by atoms with Crippen LogP contribution in [0.25, 0.3) is 0 Å². The molecular formula is C12H19Br4NO4. The highest BCUT2D eigenvalue weighted by Crippen LogP contribution is 2.14. The van der Waals surface area contributed by atoms with Gasteiger partial charge < -0.3 is 9.47 Å². The Hall–Kier alpha value is 0.820. The number of hydrogen-bond donors (Lipinski definition) is 0. The van der Waals surface area contributed by atoms with E-state index >= 15 is 0 Å². The topological polar surface area (TPSA) is 55.8 Å². The summed E-state index contributed by atoms with van der Waals surface area (Å²) in [6, 6.07) is 0. The molecule has 0 fully saturated rings. The van der Waals surface area contributed by atoms with Gasteiger partial charge in [-0.25, -0.2) is 9.59 Å². The molecule has 0 aliphatic heterocycles. The molecule has 0 unspecified atom stereocenters. The molecule has 0 aliphatic carbocycles. The molecular weight excluding hydrogens is 542 g/mol. The molecule has 124 valence electrons. The van der Waals surface area contributed by atoms with Crippen molar-refractivity contribution < 1.29 is 19.1 Å². The lowest BCUT2D eigenvalue weighted by Crippen LogP contribution is -2.45.